The Morgan fingerprint density at radius 2 is 1.86 bits per heavy atom. The Morgan fingerprint density at radius 1 is 1.14 bits per heavy atom. The van der Waals surface area contributed by atoms with Gasteiger partial charge in [0.25, 0.3) is 0 Å². The first-order valence-electron chi connectivity index (χ1n) is 8.89. The summed E-state index contributed by atoms with van der Waals surface area (Å²) in [6.07, 6.45) is -4.14. The van der Waals surface area contributed by atoms with E-state index >= 15 is 0 Å². The van der Waals surface area contributed by atoms with Crippen molar-refractivity contribution in [1.82, 2.24) is 0 Å². The van der Waals surface area contributed by atoms with Crippen molar-refractivity contribution in [1.29, 1.82) is 10.5 Å². The number of halogens is 3. The fraction of sp³-hybridized carbons (Fsp3) is 0.333. The molecule has 0 bridgehead atoms. The molecule has 3 rings (SSSR count). The van der Waals surface area contributed by atoms with Gasteiger partial charge in [0.05, 0.1) is 42.0 Å². The molecule has 0 amide bonds. The summed E-state index contributed by atoms with van der Waals surface area (Å²) in [5.41, 5.74) is -1.11. The van der Waals surface area contributed by atoms with Gasteiger partial charge in [-0.05, 0) is 42.3 Å². The number of hydrogen-bond donors (Lipinski definition) is 2. The van der Waals surface area contributed by atoms with Gasteiger partial charge in [0.15, 0.2) is 0 Å². The molecule has 1 aliphatic rings. The fourth-order valence-electron chi connectivity index (χ4n) is 3.34. The first-order chi connectivity index (χ1) is 13.7. The smallest absolute Gasteiger partial charge is 0.385 e. The van der Waals surface area contributed by atoms with E-state index in [1.54, 1.807) is 24.3 Å². The van der Waals surface area contributed by atoms with Gasteiger partial charge in [-0.25, -0.2) is 0 Å². The summed E-state index contributed by atoms with van der Waals surface area (Å²) in [6, 6.07) is 13.9. The lowest BCUT2D eigenvalue weighted by Crippen LogP contribution is -2.44. The Morgan fingerprint density at radius 3 is 2.48 bits per heavy atom. The van der Waals surface area contributed by atoms with Crippen LogP contribution in [0.1, 0.15) is 22.3 Å². The van der Waals surface area contributed by atoms with Gasteiger partial charge in [-0.15, -0.1) is 0 Å². The van der Waals surface area contributed by atoms with Crippen LogP contribution in [-0.2, 0) is 17.3 Å². The number of nitrogens with one attached hydrogen (secondary N) is 1. The largest absolute Gasteiger partial charge is 0.417 e. The lowest BCUT2D eigenvalue weighted by molar-refractivity contribution is -0.137. The minimum Gasteiger partial charge on any atom is -0.385 e. The van der Waals surface area contributed by atoms with Crippen LogP contribution in [0.3, 0.4) is 0 Å². The molecule has 0 aliphatic carbocycles. The number of aliphatic hydroxyl groups is 1. The maximum absolute atomic E-state index is 13.1. The summed E-state index contributed by atoms with van der Waals surface area (Å²) in [5.74, 6) is -0.261. The summed E-state index contributed by atoms with van der Waals surface area (Å²) in [6.45, 7) is 0.375. The molecular weight excluding hydrogens is 383 g/mol. The number of alkyl halides is 3. The zero-order chi connectivity index (χ0) is 21.1. The van der Waals surface area contributed by atoms with E-state index in [2.05, 4.69) is 5.32 Å². The van der Waals surface area contributed by atoms with Crippen molar-refractivity contribution in [3.05, 3.63) is 64.7 Å². The van der Waals surface area contributed by atoms with E-state index in [4.69, 9.17) is 15.3 Å². The van der Waals surface area contributed by atoms with E-state index in [0.29, 0.717) is 18.6 Å². The minimum atomic E-state index is -4.64. The van der Waals surface area contributed by atoms with Gasteiger partial charge in [0.2, 0.25) is 0 Å². The van der Waals surface area contributed by atoms with Gasteiger partial charge >= 0.3 is 6.18 Å². The van der Waals surface area contributed by atoms with Gasteiger partial charge in [-0.1, -0.05) is 12.1 Å². The van der Waals surface area contributed by atoms with Crippen molar-refractivity contribution in [2.24, 2.45) is 5.92 Å². The lowest BCUT2D eigenvalue weighted by atomic mass is 9.85. The Kier molecular flexibility index (Phi) is 5.78. The zero-order valence-corrected chi connectivity index (χ0v) is 15.3. The van der Waals surface area contributed by atoms with Crippen molar-refractivity contribution >= 4 is 5.69 Å². The van der Waals surface area contributed by atoms with E-state index in [-0.39, 0.29) is 24.8 Å². The topological polar surface area (TPSA) is 89.1 Å². The molecule has 2 atom stereocenters. The van der Waals surface area contributed by atoms with Crippen LogP contribution in [0.25, 0.3) is 0 Å². The number of hydrogen-bond acceptors (Lipinski definition) is 5. The first-order valence-corrected chi connectivity index (χ1v) is 8.89. The van der Waals surface area contributed by atoms with Crippen molar-refractivity contribution in [2.45, 2.75) is 18.2 Å². The van der Waals surface area contributed by atoms with Crippen molar-refractivity contribution in [3.8, 4) is 12.1 Å². The van der Waals surface area contributed by atoms with E-state index in [1.165, 1.54) is 12.1 Å². The van der Waals surface area contributed by atoms with Gasteiger partial charge in [-0.2, -0.15) is 23.7 Å². The molecule has 0 spiro atoms. The molecule has 2 aromatic carbocycles. The molecule has 29 heavy (non-hydrogen) atoms. The third-order valence-electron chi connectivity index (χ3n) is 5.04. The number of nitriles is 2. The SMILES string of the molecule is N#Cc1ccc(CC2COCC2(O)CNc2ccc(C#N)c(C(F)(F)F)c2)cc1. The van der Waals surface area contributed by atoms with Crippen LogP contribution in [0.4, 0.5) is 18.9 Å². The van der Waals surface area contributed by atoms with Crippen molar-refractivity contribution in [3.63, 3.8) is 0 Å². The van der Waals surface area contributed by atoms with Gasteiger partial charge in [0, 0.05) is 18.2 Å². The number of ether oxygens (including phenoxy) is 1. The molecular formula is C21H18F3N3O2. The van der Waals surface area contributed by atoms with Crippen LogP contribution in [0.15, 0.2) is 42.5 Å². The summed E-state index contributed by atoms with van der Waals surface area (Å²) < 4.78 is 44.8. The van der Waals surface area contributed by atoms with Crippen LogP contribution in [0.2, 0.25) is 0 Å². The average Bonchev–Trinajstić information content (AvgIpc) is 3.06. The number of rotatable bonds is 5. The second kappa shape index (κ2) is 8.12. The predicted molar refractivity (Wildman–Crippen MR) is 98.8 cm³/mol. The second-order valence-electron chi connectivity index (χ2n) is 7.05. The highest BCUT2D eigenvalue weighted by Crippen LogP contribution is 2.34. The molecule has 1 saturated heterocycles. The standard InChI is InChI=1S/C21H18F3N3O2/c22-21(23,24)19-8-18(6-5-16(19)10-26)27-12-20(28)13-29-11-17(20)7-14-1-3-15(9-25)4-2-14/h1-6,8,17,27-28H,7,11-13H2. The van der Waals surface area contributed by atoms with Crippen LogP contribution in [0, 0.1) is 28.6 Å². The van der Waals surface area contributed by atoms with Crippen LogP contribution in [0.5, 0.6) is 0 Å². The van der Waals surface area contributed by atoms with Crippen LogP contribution < -0.4 is 5.32 Å². The summed E-state index contributed by atoms with van der Waals surface area (Å²) in [5, 5.41) is 31.6. The van der Waals surface area contributed by atoms with Gasteiger partial charge in [-0.3, -0.25) is 0 Å². The van der Waals surface area contributed by atoms with Crippen LogP contribution in [-0.4, -0.2) is 30.5 Å². The number of benzene rings is 2. The van der Waals surface area contributed by atoms with E-state index < -0.39 is 22.9 Å². The number of anilines is 1. The Balaban J connectivity index is 1.71. The monoisotopic (exact) mass is 401 g/mol. The molecule has 8 heteroatoms. The quantitative estimate of drug-likeness (QED) is 0.801. The summed E-state index contributed by atoms with van der Waals surface area (Å²) >= 11 is 0. The molecule has 1 aliphatic heterocycles. The molecule has 2 aromatic rings. The molecule has 2 unspecified atom stereocenters. The maximum atomic E-state index is 13.1. The van der Waals surface area contributed by atoms with Crippen LogP contribution >= 0.6 is 0 Å². The van der Waals surface area contributed by atoms with E-state index in [0.717, 1.165) is 17.7 Å². The molecule has 0 saturated carbocycles. The van der Waals surface area contributed by atoms with E-state index in [9.17, 15) is 18.3 Å². The predicted octanol–water partition coefficient (Wildman–Crippen LogP) is 3.48. The third-order valence-corrected chi connectivity index (χ3v) is 5.04. The lowest BCUT2D eigenvalue weighted by Gasteiger charge is -2.29. The maximum Gasteiger partial charge on any atom is 0.417 e. The highest BCUT2D eigenvalue weighted by Gasteiger charge is 2.42. The van der Waals surface area contributed by atoms with Gasteiger partial charge < -0.3 is 15.2 Å². The molecule has 0 radical (unpaired) electrons. The molecule has 150 valence electrons. The molecule has 1 heterocycles. The van der Waals surface area contributed by atoms with Gasteiger partial charge in [0.1, 0.15) is 5.60 Å². The van der Waals surface area contributed by atoms with Crippen molar-refractivity contribution < 1.29 is 23.0 Å². The average molecular weight is 401 g/mol. The van der Waals surface area contributed by atoms with Crippen molar-refractivity contribution in [2.75, 3.05) is 25.1 Å². The highest BCUT2D eigenvalue weighted by atomic mass is 19.4. The number of nitrogens with zero attached hydrogens (tertiary/aromatic N) is 2. The minimum absolute atomic E-state index is 0.00283. The normalized spacial score (nSPS) is 21.4. The fourth-order valence-corrected chi connectivity index (χ4v) is 3.34. The first kappa shape index (κ1) is 20.7. The molecule has 1 fully saturated rings. The summed E-state index contributed by atoms with van der Waals surface area (Å²) in [4.78, 5) is 0. The molecule has 2 N–H and O–H groups in total. The summed E-state index contributed by atoms with van der Waals surface area (Å²) in [7, 11) is 0. The third kappa shape index (κ3) is 4.68. The Bertz CT molecular complexity index is 961. The zero-order valence-electron chi connectivity index (χ0n) is 15.3. The van der Waals surface area contributed by atoms with E-state index in [1.807, 2.05) is 6.07 Å². The Hall–Kier alpha value is -3.07. The molecule has 5 nitrogen and oxygen atoms in total. The Labute approximate surface area is 166 Å². The second-order valence-corrected chi connectivity index (χ2v) is 7.05. The molecule has 0 aromatic heterocycles. The highest BCUT2D eigenvalue weighted by molar-refractivity contribution is 5.53.